The lowest BCUT2D eigenvalue weighted by Gasteiger charge is -2.30. The number of aliphatic imine (C=N–C) groups is 1. The third kappa shape index (κ3) is 3.53. The Balaban J connectivity index is 1.91. The standard InChI is InChI=1S/C17H20FN5OS/c1-10-8-14(23(3)22-10)15(24)20-11-4-5-13(18)12(9-11)17(2)6-7-25-16(19)21-17/h4-5,8-9H,6-7H2,1-3H3,(H2,19,21)(H,20,24)/t17-/m0/s1. The first-order chi connectivity index (χ1) is 11.8. The normalized spacial score (nSPS) is 20.2. The molecular formula is C17H20FN5OS. The van der Waals surface area contributed by atoms with Gasteiger partial charge < -0.3 is 11.1 Å². The van der Waals surface area contributed by atoms with Gasteiger partial charge in [0.25, 0.3) is 5.91 Å². The summed E-state index contributed by atoms with van der Waals surface area (Å²) in [4.78, 5) is 16.9. The van der Waals surface area contributed by atoms with E-state index < -0.39 is 5.54 Å². The molecule has 0 aliphatic carbocycles. The molecule has 0 fully saturated rings. The van der Waals surface area contributed by atoms with Crippen LogP contribution in [0.2, 0.25) is 0 Å². The van der Waals surface area contributed by atoms with Gasteiger partial charge in [-0.2, -0.15) is 5.10 Å². The minimum atomic E-state index is -0.733. The summed E-state index contributed by atoms with van der Waals surface area (Å²) in [5.41, 5.74) is 7.21. The van der Waals surface area contributed by atoms with Crippen LogP contribution in [0.5, 0.6) is 0 Å². The summed E-state index contributed by atoms with van der Waals surface area (Å²) in [6, 6.07) is 6.21. The number of rotatable bonds is 3. The van der Waals surface area contributed by atoms with Crippen molar-refractivity contribution in [1.82, 2.24) is 9.78 Å². The van der Waals surface area contributed by atoms with E-state index in [0.717, 1.165) is 11.4 Å². The minimum absolute atomic E-state index is 0.298. The average Bonchev–Trinajstić information content (AvgIpc) is 2.87. The van der Waals surface area contributed by atoms with Crippen LogP contribution in [0.1, 0.15) is 35.1 Å². The van der Waals surface area contributed by atoms with Crippen LogP contribution in [0.3, 0.4) is 0 Å². The molecule has 1 aromatic heterocycles. The fourth-order valence-corrected chi connectivity index (χ4v) is 3.89. The number of halogens is 1. The molecule has 0 radical (unpaired) electrons. The van der Waals surface area contributed by atoms with E-state index in [4.69, 9.17) is 5.73 Å². The fraction of sp³-hybridized carbons (Fsp3) is 0.353. The summed E-state index contributed by atoms with van der Waals surface area (Å²) in [6.07, 6.45) is 0.674. The number of benzene rings is 1. The molecule has 0 unspecified atom stereocenters. The zero-order chi connectivity index (χ0) is 18.2. The van der Waals surface area contributed by atoms with Gasteiger partial charge in [0.15, 0.2) is 5.17 Å². The van der Waals surface area contributed by atoms with Gasteiger partial charge in [0.1, 0.15) is 11.5 Å². The van der Waals surface area contributed by atoms with Crippen molar-refractivity contribution in [2.45, 2.75) is 25.8 Å². The average molecular weight is 361 g/mol. The number of nitrogens with two attached hydrogens (primary N) is 1. The van der Waals surface area contributed by atoms with Crippen LogP contribution in [-0.4, -0.2) is 26.6 Å². The number of thioether (sulfide) groups is 1. The van der Waals surface area contributed by atoms with Crippen LogP contribution >= 0.6 is 11.8 Å². The Morgan fingerprint density at radius 1 is 1.44 bits per heavy atom. The Hall–Kier alpha value is -2.35. The molecule has 3 rings (SSSR count). The Labute approximate surface area is 149 Å². The first kappa shape index (κ1) is 17.5. The summed E-state index contributed by atoms with van der Waals surface area (Å²) in [5, 5.41) is 7.41. The molecule has 1 atom stereocenters. The van der Waals surface area contributed by atoms with Gasteiger partial charge in [0.05, 0.1) is 11.2 Å². The minimum Gasteiger partial charge on any atom is -0.379 e. The molecule has 1 aromatic carbocycles. The van der Waals surface area contributed by atoms with Crippen molar-refractivity contribution >= 4 is 28.5 Å². The number of nitrogens with zero attached hydrogens (tertiary/aromatic N) is 3. The molecule has 0 saturated heterocycles. The molecule has 2 heterocycles. The van der Waals surface area contributed by atoms with Crippen LogP contribution in [-0.2, 0) is 12.6 Å². The lowest BCUT2D eigenvalue weighted by Crippen LogP contribution is -2.30. The Morgan fingerprint density at radius 3 is 2.84 bits per heavy atom. The van der Waals surface area contributed by atoms with Crippen molar-refractivity contribution in [2.75, 3.05) is 11.1 Å². The molecular weight excluding hydrogens is 341 g/mol. The van der Waals surface area contributed by atoms with Crippen LogP contribution in [0.25, 0.3) is 0 Å². The van der Waals surface area contributed by atoms with E-state index in [9.17, 15) is 9.18 Å². The SMILES string of the molecule is Cc1cc(C(=O)Nc2ccc(F)c([C@]3(C)CCSC(N)=N3)c2)n(C)n1. The topological polar surface area (TPSA) is 85.3 Å². The number of anilines is 1. The van der Waals surface area contributed by atoms with Gasteiger partial charge in [0, 0.05) is 24.1 Å². The second-order valence-electron chi connectivity index (χ2n) is 6.27. The molecule has 1 aliphatic rings. The second-order valence-corrected chi connectivity index (χ2v) is 7.38. The Kier molecular flexibility index (Phi) is 4.55. The third-order valence-corrected chi connectivity index (χ3v) is 5.03. The highest BCUT2D eigenvalue weighted by Gasteiger charge is 2.32. The fourth-order valence-electron chi connectivity index (χ4n) is 2.91. The number of carbonyl (C=O) groups excluding carboxylic acids is 1. The quantitative estimate of drug-likeness (QED) is 0.880. The molecule has 3 N–H and O–H groups in total. The maximum atomic E-state index is 14.4. The van der Waals surface area contributed by atoms with Crippen molar-refractivity contribution in [3.63, 3.8) is 0 Å². The lowest BCUT2D eigenvalue weighted by atomic mass is 9.89. The van der Waals surface area contributed by atoms with Gasteiger partial charge in [-0.05, 0) is 44.5 Å². The molecule has 6 nitrogen and oxygen atoms in total. The van der Waals surface area contributed by atoms with E-state index in [1.165, 1.54) is 28.6 Å². The predicted molar refractivity (Wildman–Crippen MR) is 98.3 cm³/mol. The van der Waals surface area contributed by atoms with Crippen LogP contribution < -0.4 is 11.1 Å². The molecule has 0 bridgehead atoms. The summed E-state index contributed by atoms with van der Waals surface area (Å²) < 4.78 is 15.9. The molecule has 2 aromatic rings. The number of aromatic nitrogens is 2. The summed E-state index contributed by atoms with van der Waals surface area (Å²) >= 11 is 1.46. The van der Waals surface area contributed by atoms with Crippen molar-refractivity contribution in [2.24, 2.45) is 17.8 Å². The smallest absolute Gasteiger partial charge is 0.273 e. The van der Waals surface area contributed by atoms with Gasteiger partial charge in [-0.25, -0.2) is 4.39 Å². The van der Waals surface area contributed by atoms with Gasteiger partial charge in [0.2, 0.25) is 0 Å². The van der Waals surface area contributed by atoms with E-state index in [2.05, 4.69) is 15.4 Å². The number of hydrogen-bond acceptors (Lipinski definition) is 5. The molecule has 8 heteroatoms. The number of nitrogens with one attached hydrogen (secondary N) is 1. The van der Waals surface area contributed by atoms with Gasteiger partial charge in [-0.3, -0.25) is 14.5 Å². The Morgan fingerprint density at radius 2 is 2.20 bits per heavy atom. The Bertz CT molecular complexity index is 863. The van der Waals surface area contributed by atoms with Crippen molar-refractivity contribution in [3.05, 3.63) is 47.0 Å². The number of hydrogen-bond donors (Lipinski definition) is 2. The van der Waals surface area contributed by atoms with Crippen molar-refractivity contribution in [3.8, 4) is 0 Å². The molecule has 1 amide bonds. The van der Waals surface area contributed by atoms with Crippen molar-refractivity contribution in [1.29, 1.82) is 0 Å². The van der Waals surface area contributed by atoms with E-state index >= 15 is 0 Å². The van der Waals surface area contributed by atoms with Crippen LogP contribution in [0, 0.1) is 12.7 Å². The highest BCUT2D eigenvalue weighted by Crippen LogP contribution is 2.37. The molecule has 0 saturated carbocycles. The third-order valence-electron chi connectivity index (χ3n) is 4.23. The number of carbonyl (C=O) groups is 1. The zero-order valence-electron chi connectivity index (χ0n) is 14.3. The zero-order valence-corrected chi connectivity index (χ0v) is 15.2. The first-order valence-corrected chi connectivity index (χ1v) is 8.87. The first-order valence-electron chi connectivity index (χ1n) is 7.89. The van der Waals surface area contributed by atoms with Gasteiger partial charge in [-0.1, -0.05) is 11.8 Å². The molecule has 25 heavy (non-hydrogen) atoms. The lowest BCUT2D eigenvalue weighted by molar-refractivity contribution is 0.101. The van der Waals surface area contributed by atoms with Crippen molar-refractivity contribution < 1.29 is 9.18 Å². The largest absolute Gasteiger partial charge is 0.379 e. The van der Waals surface area contributed by atoms with Gasteiger partial charge in [-0.15, -0.1) is 0 Å². The summed E-state index contributed by atoms with van der Waals surface area (Å²) in [5.74, 6) is 0.115. The number of aryl methyl sites for hydroxylation is 2. The van der Waals surface area contributed by atoms with E-state index in [1.54, 1.807) is 19.2 Å². The van der Waals surface area contributed by atoms with Crippen LogP contribution in [0.15, 0.2) is 29.3 Å². The second kappa shape index (κ2) is 6.51. The van der Waals surface area contributed by atoms with Crippen LogP contribution in [0.4, 0.5) is 10.1 Å². The van der Waals surface area contributed by atoms with E-state index in [-0.39, 0.29) is 11.7 Å². The number of amidine groups is 1. The molecule has 1 aliphatic heterocycles. The predicted octanol–water partition coefficient (Wildman–Crippen LogP) is 2.79. The monoisotopic (exact) mass is 361 g/mol. The molecule has 132 valence electrons. The highest BCUT2D eigenvalue weighted by atomic mass is 32.2. The van der Waals surface area contributed by atoms with E-state index in [1.807, 2.05) is 13.8 Å². The maximum Gasteiger partial charge on any atom is 0.273 e. The summed E-state index contributed by atoms with van der Waals surface area (Å²) in [6.45, 7) is 3.67. The maximum absolute atomic E-state index is 14.4. The molecule has 0 spiro atoms. The van der Waals surface area contributed by atoms with Gasteiger partial charge >= 0.3 is 0 Å². The number of amides is 1. The van der Waals surface area contributed by atoms with E-state index in [0.29, 0.717) is 28.5 Å². The highest BCUT2D eigenvalue weighted by molar-refractivity contribution is 8.13. The summed E-state index contributed by atoms with van der Waals surface area (Å²) in [7, 11) is 1.70.